The zero-order valence-corrected chi connectivity index (χ0v) is 12.9. The van der Waals surface area contributed by atoms with Crippen LogP contribution in [0.1, 0.15) is 0 Å². The van der Waals surface area contributed by atoms with E-state index < -0.39 is 0 Å². The second-order valence-electron chi connectivity index (χ2n) is 5.47. The van der Waals surface area contributed by atoms with Crippen LogP contribution in [0.5, 0.6) is 0 Å². The predicted octanol–water partition coefficient (Wildman–Crippen LogP) is 1.97. The lowest BCUT2D eigenvalue weighted by molar-refractivity contribution is 0.770. The van der Waals surface area contributed by atoms with Gasteiger partial charge in [-0.2, -0.15) is 5.10 Å². The van der Waals surface area contributed by atoms with E-state index in [0.29, 0.717) is 28.3 Å². The van der Waals surface area contributed by atoms with Gasteiger partial charge in [0.1, 0.15) is 17.2 Å². The van der Waals surface area contributed by atoms with Gasteiger partial charge in [-0.05, 0) is 18.2 Å². The summed E-state index contributed by atoms with van der Waals surface area (Å²) in [6.45, 7) is 0. The minimum atomic E-state index is -0.0244. The van der Waals surface area contributed by atoms with Crippen LogP contribution in [0.15, 0.2) is 53.7 Å². The zero-order valence-electron chi connectivity index (χ0n) is 12.9. The van der Waals surface area contributed by atoms with Crippen LogP contribution in [0.4, 0.5) is 5.82 Å². The van der Waals surface area contributed by atoms with Crippen LogP contribution in [0.25, 0.3) is 33.5 Å². The van der Waals surface area contributed by atoms with Crippen LogP contribution in [0.3, 0.4) is 0 Å². The van der Waals surface area contributed by atoms with Crippen LogP contribution >= 0.6 is 0 Å². The fourth-order valence-corrected chi connectivity index (χ4v) is 2.66. The Morgan fingerprint density at radius 3 is 2.83 bits per heavy atom. The Labute approximate surface area is 136 Å². The Morgan fingerprint density at radius 1 is 1.17 bits per heavy atom. The van der Waals surface area contributed by atoms with Crippen molar-refractivity contribution in [3.8, 4) is 22.6 Å². The van der Waals surface area contributed by atoms with Crippen LogP contribution in [0.2, 0.25) is 0 Å². The lowest BCUT2D eigenvalue weighted by Gasteiger charge is -2.08. The van der Waals surface area contributed by atoms with Gasteiger partial charge < -0.3 is 10.7 Å². The molecule has 0 fully saturated rings. The molecule has 4 aromatic rings. The van der Waals surface area contributed by atoms with E-state index in [9.17, 15) is 4.79 Å². The van der Waals surface area contributed by atoms with Gasteiger partial charge in [-0.25, -0.2) is 4.98 Å². The first-order valence-corrected chi connectivity index (χ1v) is 7.36. The molecule has 0 atom stereocenters. The van der Waals surface area contributed by atoms with Crippen molar-refractivity contribution in [2.75, 3.05) is 5.73 Å². The van der Waals surface area contributed by atoms with Gasteiger partial charge in [0.2, 0.25) is 0 Å². The molecule has 1 aromatic carbocycles. The zero-order chi connectivity index (χ0) is 16.7. The normalized spacial score (nSPS) is 11.0. The van der Waals surface area contributed by atoms with Crippen LogP contribution in [-0.4, -0.2) is 24.7 Å². The molecular weight excluding hydrogens is 304 g/mol. The highest BCUT2D eigenvalue weighted by atomic mass is 16.1. The third-order valence-electron chi connectivity index (χ3n) is 3.78. The fraction of sp³-hybridized carbons (Fsp3) is 0.0588. The maximum atomic E-state index is 11.9. The number of rotatable bonds is 2. The number of nitrogens with two attached hydrogens (primary N) is 1. The smallest absolute Gasteiger partial charge is 0.189 e. The molecule has 0 bridgehead atoms. The summed E-state index contributed by atoms with van der Waals surface area (Å²) in [5.74, 6) is 0.327. The number of aromatic nitrogens is 5. The Bertz CT molecular complexity index is 1110. The maximum absolute atomic E-state index is 11.9. The molecular formula is C17H14N6O. The Morgan fingerprint density at radius 2 is 2.04 bits per heavy atom. The number of anilines is 1. The summed E-state index contributed by atoms with van der Waals surface area (Å²) < 4.78 is 1.70. The first kappa shape index (κ1) is 14.1. The molecule has 0 aliphatic rings. The van der Waals surface area contributed by atoms with Crippen molar-refractivity contribution in [2.45, 2.75) is 0 Å². The first-order valence-electron chi connectivity index (χ1n) is 7.36. The van der Waals surface area contributed by atoms with E-state index in [1.807, 2.05) is 31.4 Å². The van der Waals surface area contributed by atoms with Gasteiger partial charge in [-0.1, -0.05) is 6.07 Å². The molecule has 3 N–H and O–H groups in total. The van der Waals surface area contributed by atoms with Gasteiger partial charge in [0.05, 0.1) is 11.9 Å². The summed E-state index contributed by atoms with van der Waals surface area (Å²) in [4.78, 5) is 23.8. The number of fused-ring (bicyclic) bond motifs is 1. The van der Waals surface area contributed by atoms with E-state index in [0.717, 1.165) is 11.1 Å². The SMILES string of the molecule is Cn1ccc(-c2nc(N)cnc2-c2ccc3c(=O)cc[nH]c3c2)n1. The van der Waals surface area contributed by atoms with Gasteiger partial charge in [-0.15, -0.1) is 0 Å². The van der Waals surface area contributed by atoms with E-state index in [1.165, 1.54) is 12.3 Å². The Kier molecular flexibility index (Phi) is 3.13. The van der Waals surface area contributed by atoms with Crippen molar-refractivity contribution in [3.63, 3.8) is 0 Å². The molecule has 118 valence electrons. The number of nitrogens with zero attached hydrogens (tertiary/aromatic N) is 4. The summed E-state index contributed by atoms with van der Waals surface area (Å²) in [6.07, 6.45) is 4.98. The molecule has 24 heavy (non-hydrogen) atoms. The third kappa shape index (κ3) is 2.32. The standard InChI is InChI=1S/C17H14N6O/c1-23-7-5-12(22-23)17-16(20-9-15(18)21-17)10-2-3-11-13(8-10)19-6-4-14(11)24/h2-9H,1H3,(H2,18,21)(H,19,24). The molecule has 3 heterocycles. The highest BCUT2D eigenvalue weighted by Gasteiger charge is 2.14. The van der Waals surface area contributed by atoms with Crippen molar-refractivity contribution in [3.05, 3.63) is 59.1 Å². The minimum Gasteiger partial charge on any atom is -0.382 e. The third-order valence-corrected chi connectivity index (χ3v) is 3.78. The van der Waals surface area contributed by atoms with Gasteiger partial charge >= 0.3 is 0 Å². The fourth-order valence-electron chi connectivity index (χ4n) is 2.66. The van der Waals surface area contributed by atoms with E-state index in [4.69, 9.17) is 5.73 Å². The summed E-state index contributed by atoms with van der Waals surface area (Å²) >= 11 is 0. The molecule has 0 radical (unpaired) electrons. The average molecular weight is 318 g/mol. The highest BCUT2D eigenvalue weighted by Crippen LogP contribution is 2.29. The van der Waals surface area contributed by atoms with Crippen molar-refractivity contribution in [1.29, 1.82) is 0 Å². The summed E-state index contributed by atoms with van der Waals surface area (Å²) in [5.41, 5.74) is 9.31. The number of H-pyrrole nitrogens is 1. The minimum absolute atomic E-state index is 0.0244. The van der Waals surface area contributed by atoms with Gasteiger partial charge in [0.15, 0.2) is 5.43 Å². The van der Waals surface area contributed by atoms with Crippen molar-refractivity contribution >= 4 is 16.7 Å². The molecule has 0 saturated heterocycles. The molecule has 0 saturated carbocycles. The number of aryl methyl sites for hydroxylation is 1. The molecule has 7 heteroatoms. The molecule has 0 aliphatic heterocycles. The summed E-state index contributed by atoms with van der Waals surface area (Å²) in [7, 11) is 1.84. The van der Waals surface area contributed by atoms with Crippen molar-refractivity contribution in [2.24, 2.45) is 7.05 Å². The molecule has 0 spiro atoms. The number of hydrogen-bond donors (Lipinski definition) is 2. The van der Waals surface area contributed by atoms with E-state index in [2.05, 4.69) is 20.1 Å². The molecule has 4 rings (SSSR count). The van der Waals surface area contributed by atoms with Crippen LogP contribution in [0, 0.1) is 0 Å². The lowest BCUT2D eigenvalue weighted by Crippen LogP contribution is -2.01. The number of nitrogen functional groups attached to an aromatic ring is 1. The monoisotopic (exact) mass is 318 g/mol. The second kappa shape index (κ2) is 5.31. The second-order valence-corrected chi connectivity index (χ2v) is 5.47. The van der Waals surface area contributed by atoms with E-state index in [1.54, 1.807) is 16.9 Å². The number of benzene rings is 1. The quantitative estimate of drug-likeness (QED) is 0.588. The van der Waals surface area contributed by atoms with Gasteiger partial charge in [0, 0.05) is 42.0 Å². The van der Waals surface area contributed by atoms with Gasteiger partial charge in [-0.3, -0.25) is 14.5 Å². The van der Waals surface area contributed by atoms with Crippen molar-refractivity contribution in [1.82, 2.24) is 24.7 Å². The lowest BCUT2D eigenvalue weighted by atomic mass is 10.1. The predicted molar refractivity (Wildman–Crippen MR) is 92.2 cm³/mol. The first-order chi connectivity index (χ1) is 11.6. The Hall–Kier alpha value is -3.48. The van der Waals surface area contributed by atoms with E-state index >= 15 is 0 Å². The Balaban J connectivity index is 1.95. The summed E-state index contributed by atoms with van der Waals surface area (Å²) in [5, 5.41) is 5.01. The molecule has 3 aromatic heterocycles. The number of nitrogens with one attached hydrogen (secondary N) is 1. The largest absolute Gasteiger partial charge is 0.382 e. The van der Waals surface area contributed by atoms with Crippen LogP contribution < -0.4 is 11.2 Å². The molecule has 0 unspecified atom stereocenters. The molecule has 7 nitrogen and oxygen atoms in total. The highest BCUT2D eigenvalue weighted by molar-refractivity contribution is 5.86. The topological polar surface area (TPSA) is 102 Å². The van der Waals surface area contributed by atoms with Crippen molar-refractivity contribution < 1.29 is 0 Å². The maximum Gasteiger partial charge on any atom is 0.189 e. The van der Waals surface area contributed by atoms with Gasteiger partial charge in [0.25, 0.3) is 0 Å². The number of hydrogen-bond acceptors (Lipinski definition) is 5. The molecule has 0 aliphatic carbocycles. The van der Waals surface area contributed by atoms with Crippen LogP contribution in [-0.2, 0) is 7.05 Å². The average Bonchev–Trinajstić information content (AvgIpc) is 3.01. The molecule has 0 amide bonds. The van der Waals surface area contributed by atoms with E-state index in [-0.39, 0.29) is 5.43 Å². The summed E-state index contributed by atoms with van der Waals surface area (Å²) in [6, 6.07) is 8.87. The number of pyridine rings is 1. The number of aromatic amines is 1.